The first-order valence-electron chi connectivity index (χ1n) is 14.9. The normalized spacial score (nSPS) is 17.1. The molecule has 2 aliphatic rings. The lowest BCUT2D eigenvalue weighted by molar-refractivity contribution is 0.144. The molecule has 1 N–H and O–H groups in total. The molecular weight excluding hydrogens is 598 g/mol. The summed E-state index contributed by atoms with van der Waals surface area (Å²) in [6.45, 7) is 7.70. The molecule has 5 rings (SSSR count). The van der Waals surface area contributed by atoms with E-state index in [-0.39, 0.29) is 13.2 Å². The Hall–Kier alpha value is -3.56. The number of carbonyl (C=O) groups excluding carboxylic acids is 1. The number of carbonyl (C=O) groups is 1. The lowest BCUT2D eigenvalue weighted by atomic mass is 10.1. The van der Waals surface area contributed by atoms with Gasteiger partial charge in [-0.3, -0.25) is 14.5 Å². The predicted molar refractivity (Wildman–Crippen MR) is 172 cm³/mol. The van der Waals surface area contributed by atoms with Crippen LogP contribution in [0.1, 0.15) is 36.2 Å². The minimum atomic E-state index is -0.452. The van der Waals surface area contributed by atoms with Crippen LogP contribution >= 0.6 is 23.4 Å². The molecule has 1 aliphatic carbocycles. The molecule has 3 aromatic rings. The largest absolute Gasteiger partial charge is 0.486 e. The maximum Gasteiger partial charge on any atom is 0.408 e. The van der Waals surface area contributed by atoms with Crippen LogP contribution in [-0.4, -0.2) is 93.8 Å². The first-order valence-corrected chi connectivity index (χ1v) is 16.1. The fourth-order valence-corrected chi connectivity index (χ4v) is 6.27. The molecule has 0 bridgehead atoms. The van der Waals surface area contributed by atoms with E-state index in [2.05, 4.69) is 61.3 Å². The van der Waals surface area contributed by atoms with E-state index in [1.165, 1.54) is 0 Å². The minimum Gasteiger partial charge on any atom is -0.486 e. The van der Waals surface area contributed by atoms with Gasteiger partial charge in [0.15, 0.2) is 17.6 Å². The monoisotopic (exact) mass is 635 g/mol. The summed E-state index contributed by atoms with van der Waals surface area (Å²) >= 11 is 7.95. The molecule has 1 atom stereocenters. The summed E-state index contributed by atoms with van der Waals surface area (Å²) in [5.41, 5.74) is 2.58. The van der Waals surface area contributed by atoms with Crippen molar-refractivity contribution in [3.63, 3.8) is 0 Å². The van der Waals surface area contributed by atoms with Crippen molar-refractivity contribution in [3.8, 4) is 23.3 Å². The third-order valence-electron chi connectivity index (χ3n) is 7.47. The van der Waals surface area contributed by atoms with E-state index in [4.69, 9.17) is 21.1 Å². The molecule has 44 heavy (non-hydrogen) atoms. The van der Waals surface area contributed by atoms with Crippen LogP contribution in [0.15, 0.2) is 54.0 Å². The average molecular weight is 636 g/mol. The average Bonchev–Trinajstić information content (AvgIpc) is 3.42. The van der Waals surface area contributed by atoms with Gasteiger partial charge in [-0.2, -0.15) is 0 Å². The molecule has 10 nitrogen and oxygen atoms in total. The number of nitrogens with zero attached hydrogens (tertiary/aromatic N) is 6. The van der Waals surface area contributed by atoms with E-state index in [0.717, 1.165) is 74.0 Å². The lowest BCUT2D eigenvalue weighted by Crippen LogP contribution is -2.46. The van der Waals surface area contributed by atoms with Gasteiger partial charge in [0.25, 0.3) is 0 Å². The minimum absolute atomic E-state index is 0.0169. The highest BCUT2D eigenvalue weighted by Gasteiger charge is 2.20. The molecule has 1 aromatic carbocycles. The maximum atomic E-state index is 12.0. The van der Waals surface area contributed by atoms with Crippen LogP contribution in [0.2, 0.25) is 5.02 Å². The van der Waals surface area contributed by atoms with Crippen molar-refractivity contribution in [3.05, 3.63) is 70.8 Å². The van der Waals surface area contributed by atoms with Crippen molar-refractivity contribution in [1.29, 1.82) is 0 Å². The number of halogens is 1. The molecular formula is C32H38ClN7O3S. The van der Waals surface area contributed by atoms with Crippen molar-refractivity contribution in [2.45, 2.75) is 43.2 Å². The zero-order chi connectivity index (χ0) is 30.7. The summed E-state index contributed by atoms with van der Waals surface area (Å²) in [5.74, 6) is 7.35. The van der Waals surface area contributed by atoms with Crippen molar-refractivity contribution < 1.29 is 14.3 Å². The molecule has 2 aromatic heterocycles. The van der Waals surface area contributed by atoms with Gasteiger partial charge in [-0.15, -0.1) is 10.2 Å². The van der Waals surface area contributed by atoms with E-state index >= 15 is 0 Å². The molecule has 232 valence electrons. The molecule has 1 fully saturated rings. The summed E-state index contributed by atoms with van der Waals surface area (Å²) in [7, 11) is 2.12. The molecule has 1 unspecified atom stereocenters. The zero-order valence-corrected chi connectivity index (χ0v) is 26.7. The predicted octanol–water partition coefficient (Wildman–Crippen LogP) is 4.73. The molecule has 1 aliphatic heterocycles. The van der Waals surface area contributed by atoms with Crippen LogP contribution in [0.5, 0.6) is 5.75 Å². The van der Waals surface area contributed by atoms with Crippen LogP contribution in [0.3, 0.4) is 0 Å². The van der Waals surface area contributed by atoms with Crippen LogP contribution < -0.4 is 10.1 Å². The summed E-state index contributed by atoms with van der Waals surface area (Å²) in [4.78, 5) is 20.9. The van der Waals surface area contributed by atoms with Gasteiger partial charge in [0.2, 0.25) is 0 Å². The SMILES string of the molecule is Cc1cc(OCc2nnc(SC3C=CCCC3)n2-c2cncc(Cl)c2)ccc1C#CCOC(=O)NCCN1CCN(C)CC1. The molecule has 1 saturated heterocycles. The molecule has 12 heteroatoms. The highest BCUT2D eigenvalue weighted by molar-refractivity contribution is 7.99. The number of pyridine rings is 1. The van der Waals surface area contributed by atoms with Gasteiger partial charge >= 0.3 is 6.09 Å². The number of allylic oxidation sites excluding steroid dienone is 1. The Labute approximate surface area is 268 Å². The number of nitrogens with one attached hydrogen (secondary N) is 1. The van der Waals surface area contributed by atoms with E-state index in [1.807, 2.05) is 35.8 Å². The van der Waals surface area contributed by atoms with Crippen LogP contribution in [0.4, 0.5) is 4.79 Å². The number of aromatic nitrogens is 4. The number of aryl methyl sites for hydroxylation is 1. The molecule has 3 heterocycles. The lowest BCUT2D eigenvalue weighted by Gasteiger charge is -2.32. The first kappa shape index (κ1) is 31.9. The van der Waals surface area contributed by atoms with Crippen LogP contribution in [-0.2, 0) is 11.3 Å². The highest BCUT2D eigenvalue weighted by Crippen LogP contribution is 2.32. The number of piperazine rings is 1. The Kier molecular flexibility index (Phi) is 11.5. The smallest absolute Gasteiger partial charge is 0.408 e. The number of alkyl carbamates (subject to hydrolysis) is 1. The number of amides is 1. The number of benzene rings is 1. The van der Waals surface area contributed by atoms with Crippen molar-refractivity contribution in [1.82, 2.24) is 34.9 Å². The van der Waals surface area contributed by atoms with Gasteiger partial charge in [0, 0.05) is 56.3 Å². The van der Waals surface area contributed by atoms with E-state index < -0.39 is 6.09 Å². The highest BCUT2D eigenvalue weighted by atomic mass is 35.5. The first-order chi connectivity index (χ1) is 21.4. The van der Waals surface area contributed by atoms with E-state index in [9.17, 15) is 4.79 Å². The molecule has 0 spiro atoms. The number of hydrogen-bond donors (Lipinski definition) is 1. The molecule has 0 saturated carbocycles. The van der Waals surface area contributed by atoms with Gasteiger partial charge < -0.3 is 19.7 Å². The Morgan fingerprint density at radius 2 is 2.05 bits per heavy atom. The number of thioether (sulfide) groups is 1. The maximum absolute atomic E-state index is 12.0. The summed E-state index contributed by atoms with van der Waals surface area (Å²) < 4.78 is 13.3. The summed E-state index contributed by atoms with van der Waals surface area (Å²) in [6, 6.07) is 7.55. The molecule has 0 radical (unpaired) electrons. The summed E-state index contributed by atoms with van der Waals surface area (Å²) in [6.07, 6.45) is 10.7. The fourth-order valence-electron chi connectivity index (χ4n) is 4.95. The van der Waals surface area contributed by atoms with Gasteiger partial charge in [-0.05, 0) is 63.1 Å². The van der Waals surface area contributed by atoms with Gasteiger partial charge in [-0.1, -0.05) is 47.4 Å². The van der Waals surface area contributed by atoms with E-state index in [1.54, 1.807) is 24.2 Å². The number of rotatable bonds is 10. The van der Waals surface area contributed by atoms with Crippen molar-refractivity contribution >= 4 is 29.5 Å². The Morgan fingerprint density at radius 3 is 2.82 bits per heavy atom. The van der Waals surface area contributed by atoms with E-state index in [0.29, 0.717) is 28.4 Å². The van der Waals surface area contributed by atoms with Crippen molar-refractivity contribution in [2.24, 2.45) is 0 Å². The quantitative estimate of drug-likeness (QED) is 0.251. The zero-order valence-electron chi connectivity index (χ0n) is 25.2. The Balaban J connectivity index is 1.14. The van der Waals surface area contributed by atoms with Gasteiger partial charge in [0.1, 0.15) is 12.4 Å². The van der Waals surface area contributed by atoms with Crippen LogP contribution in [0, 0.1) is 18.8 Å². The van der Waals surface area contributed by atoms with Crippen LogP contribution in [0.25, 0.3) is 5.69 Å². The standard InChI is InChI=1S/C32H38ClN7O3S/c1-24-19-28(11-10-25(24)7-6-18-42-32(41)35-12-13-39-16-14-38(2)15-17-39)43-23-30-36-37-31(44-29-8-4-3-5-9-29)40(30)27-20-26(33)21-34-22-27/h4,8,10-11,19-22,29H,3,5,9,12-18,23H2,1-2H3,(H,35,41). The second-order valence-electron chi connectivity index (χ2n) is 10.8. The second kappa shape index (κ2) is 16.0. The Morgan fingerprint density at radius 1 is 1.18 bits per heavy atom. The third-order valence-corrected chi connectivity index (χ3v) is 8.85. The Bertz CT molecular complexity index is 1510. The fraction of sp³-hybridized carbons (Fsp3) is 0.438. The number of hydrogen-bond acceptors (Lipinski definition) is 9. The molecule has 1 amide bonds. The van der Waals surface area contributed by atoms with Gasteiger partial charge in [-0.25, -0.2) is 4.79 Å². The summed E-state index contributed by atoms with van der Waals surface area (Å²) in [5, 5.41) is 13.4. The number of ether oxygens (including phenoxy) is 2. The topological polar surface area (TPSA) is 97.6 Å². The second-order valence-corrected chi connectivity index (χ2v) is 12.5. The number of likely N-dealkylation sites (N-methyl/N-ethyl adjacent to an activating group) is 1. The van der Waals surface area contributed by atoms with Crippen molar-refractivity contribution in [2.75, 3.05) is 52.9 Å². The third kappa shape index (κ3) is 9.22. The van der Waals surface area contributed by atoms with Gasteiger partial charge in [0.05, 0.1) is 16.9 Å².